The fourth-order valence-electron chi connectivity index (χ4n) is 5.89. The predicted molar refractivity (Wildman–Crippen MR) is 152 cm³/mol. The maximum absolute atomic E-state index is 13.5. The summed E-state index contributed by atoms with van der Waals surface area (Å²) in [5, 5.41) is 1.03. The number of benzene rings is 2. The predicted octanol–water partition coefficient (Wildman–Crippen LogP) is 4.13. The first-order valence-corrected chi connectivity index (χ1v) is 14.1. The van der Waals surface area contributed by atoms with Crippen LogP contribution in [-0.4, -0.2) is 91.1 Å². The van der Waals surface area contributed by atoms with Gasteiger partial charge in [-0.25, -0.2) is 9.79 Å². The van der Waals surface area contributed by atoms with Gasteiger partial charge in [0.15, 0.2) is 0 Å². The number of hydrogen-bond acceptors (Lipinski definition) is 7. The van der Waals surface area contributed by atoms with Crippen LogP contribution in [0.3, 0.4) is 0 Å². The van der Waals surface area contributed by atoms with Crippen molar-refractivity contribution in [2.75, 3.05) is 46.6 Å². The van der Waals surface area contributed by atoms with Crippen molar-refractivity contribution in [2.45, 2.75) is 31.8 Å². The number of likely N-dealkylation sites (tertiary alicyclic amines) is 1. The first-order valence-electron chi connectivity index (χ1n) is 14.1. The number of rotatable bonds is 6. The van der Waals surface area contributed by atoms with Crippen LogP contribution in [0.15, 0.2) is 64.2 Å². The van der Waals surface area contributed by atoms with E-state index in [9.17, 15) is 14.4 Å². The zero-order chi connectivity index (χ0) is 28.3. The Labute approximate surface area is 238 Å². The topological polar surface area (TPSA) is 105 Å². The monoisotopic (exact) mass is 558 g/mol. The van der Waals surface area contributed by atoms with Gasteiger partial charge in [-0.15, -0.1) is 0 Å². The Balaban J connectivity index is 1.21. The first-order chi connectivity index (χ1) is 20.0. The number of ether oxygens (including phenoxy) is 2. The van der Waals surface area contributed by atoms with Crippen molar-refractivity contribution < 1.29 is 28.3 Å². The van der Waals surface area contributed by atoms with E-state index in [1.54, 1.807) is 11.2 Å². The molecule has 0 radical (unpaired) electrons. The highest BCUT2D eigenvalue weighted by Crippen LogP contribution is 2.27. The van der Waals surface area contributed by atoms with Crippen molar-refractivity contribution in [2.24, 2.45) is 10.9 Å². The van der Waals surface area contributed by atoms with Crippen molar-refractivity contribution in [3.63, 3.8) is 0 Å². The minimum Gasteiger partial charge on any atom is -0.464 e. The lowest BCUT2D eigenvalue weighted by Gasteiger charge is -2.27. The second-order valence-corrected chi connectivity index (χ2v) is 10.9. The zero-order valence-electron chi connectivity index (χ0n) is 23.2. The summed E-state index contributed by atoms with van der Waals surface area (Å²) in [6.07, 6.45) is 4.23. The fourth-order valence-corrected chi connectivity index (χ4v) is 5.89. The molecule has 6 rings (SSSR count). The normalized spacial score (nSPS) is 21.3. The largest absolute Gasteiger partial charge is 0.464 e. The van der Waals surface area contributed by atoms with Crippen molar-refractivity contribution in [1.82, 2.24) is 14.7 Å². The van der Waals surface area contributed by atoms with E-state index in [1.165, 1.54) is 12.0 Å². The highest BCUT2D eigenvalue weighted by molar-refractivity contribution is 6.09. The maximum Gasteiger partial charge on any atom is 0.411 e. The molecule has 2 atom stereocenters. The lowest BCUT2D eigenvalue weighted by atomic mass is 10.0. The van der Waals surface area contributed by atoms with E-state index in [0.29, 0.717) is 31.9 Å². The Morgan fingerprint density at radius 2 is 1.83 bits per heavy atom. The number of aliphatic imine (C=N–C) groups is 1. The molecule has 2 fully saturated rings. The molecule has 3 aliphatic rings. The lowest BCUT2D eigenvalue weighted by Crippen LogP contribution is -2.45. The minimum absolute atomic E-state index is 0.0137. The molecule has 2 unspecified atom stereocenters. The molecule has 2 aromatic carbocycles. The summed E-state index contributed by atoms with van der Waals surface area (Å²) in [6, 6.07) is 15.9. The number of fused-ring (bicyclic) bond motifs is 1. The molecule has 2 saturated heterocycles. The molecule has 0 bridgehead atoms. The van der Waals surface area contributed by atoms with Gasteiger partial charge in [0.25, 0.3) is 0 Å². The molecule has 0 aliphatic carbocycles. The summed E-state index contributed by atoms with van der Waals surface area (Å²) in [5.41, 5.74) is 3.69. The van der Waals surface area contributed by atoms with E-state index in [4.69, 9.17) is 18.9 Å². The second-order valence-electron chi connectivity index (χ2n) is 10.9. The second kappa shape index (κ2) is 11.7. The number of amidine groups is 1. The van der Waals surface area contributed by atoms with Crippen LogP contribution in [0.2, 0.25) is 0 Å². The standard InChI is InChI=1S/C31H34N4O6/c1-39-31(38)34-19-29(37)35(18-21-10-12-33(17-21)28(36)16-26-3-2-13-40-26)30(32-20-34)23-6-4-22(5-7-23)24-8-9-27-25(15-24)11-14-41-27/h4-9,11,14-15,21,26H,2-3,10,12-13,16-20H2,1H3. The molecular formula is C31H34N4O6. The van der Waals surface area contributed by atoms with Crippen LogP contribution in [0.5, 0.6) is 0 Å². The number of carbonyl (C=O) groups excluding carboxylic acids is 3. The first kappa shape index (κ1) is 27.0. The molecule has 3 amide bonds. The Bertz CT molecular complexity index is 1460. The van der Waals surface area contributed by atoms with Gasteiger partial charge < -0.3 is 18.8 Å². The summed E-state index contributed by atoms with van der Waals surface area (Å²) in [5.74, 6) is 0.493. The molecule has 4 heterocycles. The van der Waals surface area contributed by atoms with Crippen molar-refractivity contribution in [3.05, 3.63) is 60.4 Å². The number of nitrogens with zero attached hydrogens (tertiary/aromatic N) is 4. The minimum atomic E-state index is -0.597. The smallest absolute Gasteiger partial charge is 0.411 e. The van der Waals surface area contributed by atoms with E-state index in [0.717, 1.165) is 53.5 Å². The van der Waals surface area contributed by atoms with Gasteiger partial charge in [-0.3, -0.25) is 19.4 Å². The van der Waals surface area contributed by atoms with Gasteiger partial charge in [0, 0.05) is 37.2 Å². The SMILES string of the molecule is COC(=O)N1CN=C(c2ccc(-c3ccc4occc4c3)cc2)N(CC2CCN(C(=O)CC3CCCO3)C2)C(=O)C1. The van der Waals surface area contributed by atoms with E-state index in [2.05, 4.69) is 6.07 Å². The van der Waals surface area contributed by atoms with Gasteiger partial charge in [-0.05, 0) is 54.5 Å². The number of carbonyl (C=O) groups is 3. The Morgan fingerprint density at radius 1 is 1.02 bits per heavy atom. The highest BCUT2D eigenvalue weighted by atomic mass is 16.5. The summed E-state index contributed by atoms with van der Waals surface area (Å²) in [7, 11) is 1.29. The summed E-state index contributed by atoms with van der Waals surface area (Å²) in [4.78, 5) is 48.3. The van der Waals surface area contributed by atoms with Gasteiger partial charge in [0.2, 0.25) is 11.8 Å². The average Bonchev–Trinajstić information content (AvgIpc) is 3.76. The number of hydrogen-bond donors (Lipinski definition) is 0. The van der Waals surface area contributed by atoms with Gasteiger partial charge in [0.1, 0.15) is 24.6 Å². The third kappa shape index (κ3) is 5.83. The van der Waals surface area contributed by atoms with Crippen molar-refractivity contribution >= 4 is 34.7 Å². The van der Waals surface area contributed by atoms with E-state index in [1.807, 2.05) is 47.4 Å². The van der Waals surface area contributed by atoms with Crippen LogP contribution < -0.4 is 0 Å². The Kier molecular flexibility index (Phi) is 7.74. The van der Waals surface area contributed by atoms with Crippen LogP contribution in [-0.2, 0) is 19.1 Å². The van der Waals surface area contributed by atoms with Crippen LogP contribution in [0.25, 0.3) is 22.1 Å². The molecule has 214 valence electrons. The van der Waals surface area contributed by atoms with Gasteiger partial charge in [-0.2, -0.15) is 0 Å². The summed E-state index contributed by atoms with van der Waals surface area (Å²) >= 11 is 0. The van der Waals surface area contributed by atoms with E-state index < -0.39 is 6.09 Å². The highest BCUT2D eigenvalue weighted by Gasteiger charge is 2.34. The molecule has 10 heteroatoms. The molecule has 3 aromatic rings. The van der Waals surface area contributed by atoms with E-state index >= 15 is 0 Å². The summed E-state index contributed by atoms with van der Waals surface area (Å²) in [6.45, 7) is 2.27. The number of methoxy groups -OCH3 is 1. The van der Waals surface area contributed by atoms with E-state index in [-0.39, 0.29) is 37.0 Å². The third-order valence-corrected chi connectivity index (χ3v) is 8.14. The third-order valence-electron chi connectivity index (χ3n) is 8.14. The molecule has 10 nitrogen and oxygen atoms in total. The molecule has 0 saturated carbocycles. The molecule has 0 spiro atoms. The fraction of sp³-hybridized carbons (Fsp3) is 0.419. The quantitative estimate of drug-likeness (QED) is 0.451. The summed E-state index contributed by atoms with van der Waals surface area (Å²) < 4.78 is 16.0. The number of furan rings is 1. The lowest BCUT2D eigenvalue weighted by molar-refractivity contribution is -0.132. The maximum atomic E-state index is 13.5. The molecule has 41 heavy (non-hydrogen) atoms. The van der Waals surface area contributed by atoms with Crippen LogP contribution in [0, 0.1) is 5.92 Å². The Hall–Kier alpha value is -4.18. The van der Waals surface area contributed by atoms with Crippen LogP contribution in [0.1, 0.15) is 31.2 Å². The van der Waals surface area contributed by atoms with Crippen molar-refractivity contribution in [3.8, 4) is 11.1 Å². The van der Waals surface area contributed by atoms with Gasteiger partial charge in [0.05, 0.1) is 25.9 Å². The average molecular weight is 559 g/mol. The van der Waals surface area contributed by atoms with Gasteiger partial charge in [-0.1, -0.05) is 30.3 Å². The van der Waals surface area contributed by atoms with Crippen LogP contribution >= 0.6 is 0 Å². The van der Waals surface area contributed by atoms with Gasteiger partial charge >= 0.3 is 6.09 Å². The Morgan fingerprint density at radius 3 is 2.61 bits per heavy atom. The molecule has 3 aliphatic heterocycles. The van der Waals surface area contributed by atoms with Crippen molar-refractivity contribution in [1.29, 1.82) is 0 Å². The zero-order valence-corrected chi connectivity index (χ0v) is 23.2. The number of amides is 3. The van der Waals surface area contributed by atoms with Crippen LogP contribution in [0.4, 0.5) is 4.79 Å². The molecular weight excluding hydrogens is 524 g/mol. The molecule has 1 aromatic heterocycles. The molecule has 0 N–H and O–H groups in total.